The van der Waals surface area contributed by atoms with Crippen LogP contribution in [0.3, 0.4) is 0 Å². The zero-order valence-electron chi connectivity index (χ0n) is 14.4. The number of nitrogens with zero attached hydrogens (tertiary/aromatic N) is 2. The third-order valence-corrected chi connectivity index (χ3v) is 5.17. The molecule has 7 nitrogen and oxygen atoms in total. The molecule has 0 radical (unpaired) electrons. The normalized spacial score (nSPS) is 21.9. The second-order valence-electron chi connectivity index (χ2n) is 6.88. The van der Waals surface area contributed by atoms with Crippen molar-refractivity contribution in [2.24, 2.45) is 0 Å². The number of hydrogen-bond donors (Lipinski definition) is 0. The highest BCUT2D eigenvalue weighted by Gasteiger charge is 2.44. The van der Waals surface area contributed by atoms with Crippen molar-refractivity contribution in [3.63, 3.8) is 0 Å². The van der Waals surface area contributed by atoms with Crippen LogP contribution in [0.4, 0.5) is 0 Å². The summed E-state index contributed by atoms with van der Waals surface area (Å²) in [6.07, 6.45) is 0.989. The Hall–Kier alpha value is -3.22. The topological polar surface area (TPSA) is 75.8 Å². The highest BCUT2D eigenvalue weighted by molar-refractivity contribution is 5.61. The van der Waals surface area contributed by atoms with Crippen molar-refractivity contribution < 1.29 is 23.5 Å². The molecule has 27 heavy (non-hydrogen) atoms. The first kappa shape index (κ1) is 14.9. The van der Waals surface area contributed by atoms with Crippen LogP contribution < -0.4 is 18.9 Å². The van der Waals surface area contributed by atoms with E-state index in [0.717, 1.165) is 29.2 Å². The van der Waals surface area contributed by atoms with Crippen LogP contribution in [0.5, 0.6) is 23.0 Å². The second kappa shape index (κ2) is 5.64. The molecule has 136 valence electrons. The number of ether oxygens (including phenoxy) is 4. The van der Waals surface area contributed by atoms with E-state index in [1.807, 2.05) is 24.3 Å². The molecule has 1 aliphatic carbocycles. The largest absolute Gasteiger partial charge is 0.486 e. The minimum absolute atomic E-state index is 0.239. The van der Waals surface area contributed by atoms with Crippen LogP contribution in [-0.4, -0.2) is 30.1 Å². The molecule has 3 aliphatic rings. The fraction of sp³-hybridized carbons (Fsp3) is 0.300. The summed E-state index contributed by atoms with van der Waals surface area (Å²) < 4.78 is 27.6. The summed E-state index contributed by atoms with van der Waals surface area (Å²) in [7, 11) is 0. The molecular formula is C20H16N2O5. The Kier molecular flexibility index (Phi) is 3.11. The van der Waals surface area contributed by atoms with Crippen molar-refractivity contribution in [2.45, 2.75) is 18.3 Å². The zero-order valence-corrected chi connectivity index (χ0v) is 14.4. The predicted octanol–water partition coefficient (Wildman–Crippen LogP) is 3.51. The van der Waals surface area contributed by atoms with Crippen LogP contribution in [0.25, 0.3) is 11.4 Å². The first-order valence-corrected chi connectivity index (χ1v) is 8.98. The van der Waals surface area contributed by atoms with Gasteiger partial charge in [-0.05, 0) is 48.2 Å². The average molecular weight is 364 g/mol. The van der Waals surface area contributed by atoms with E-state index in [2.05, 4.69) is 22.3 Å². The molecule has 6 rings (SSSR count). The molecule has 0 spiro atoms. The van der Waals surface area contributed by atoms with Gasteiger partial charge in [0, 0.05) is 11.5 Å². The third kappa shape index (κ3) is 2.50. The first-order chi connectivity index (χ1) is 13.3. The summed E-state index contributed by atoms with van der Waals surface area (Å²) in [4.78, 5) is 4.60. The first-order valence-electron chi connectivity index (χ1n) is 8.98. The Morgan fingerprint density at radius 1 is 0.778 bits per heavy atom. The fourth-order valence-electron chi connectivity index (χ4n) is 3.67. The van der Waals surface area contributed by atoms with Crippen molar-refractivity contribution in [1.29, 1.82) is 0 Å². The summed E-state index contributed by atoms with van der Waals surface area (Å²) in [5.74, 6) is 4.91. The van der Waals surface area contributed by atoms with Crippen molar-refractivity contribution in [3.05, 3.63) is 47.9 Å². The van der Waals surface area contributed by atoms with Crippen LogP contribution in [0.2, 0.25) is 0 Å². The smallest absolute Gasteiger partial charge is 0.231 e. The Morgan fingerprint density at radius 2 is 1.56 bits per heavy atom. The van der Waals surface area contributed by atoms with Gasteiger partial charge >= 0.3 is 0 Å². The summed E-state index contributed by atoms with van der Waals surface area (Å²) >= 11 is 0. The monoisotopic (exact) mass is 364 g/mol. The van der Waals surface area contributed by atoms with Gasteiger partial charge in [-0.25, -0.2) is 0 Å². The van der Waals surface area contributed by atoms with Gasteiger partial charge in [0.25, 0.3) is 0 Å². The van der Waals surface area contributed by atoms with E-state index < -0.39 is 0 Å². The lowest BCUT2D eigenvalue weighted by atomic mass is 10.1. The number of fused-ring (bicyclic) bond motifs is 2. The van der Waals surface area contributed by atoms with Crippen LogP contribution in [-0.2, 0) is 0 Å². The Labute approximate surface area is 154 Å². The summed E-state index contributed by atoms with van der Waals surface area (Å²) in [5.41, 5.74) is 2.07. The molecule has 0 amide bonds. The quantitative estimate of drug-likeness (QED) is 0.704. The van der Waals surface area contributed by atoms with Crippen molar-refractivity contribution >= 4 is 0 Å². The van der Waals surface area contributed by atoms with E-state index >= 15 is 0 Å². The van der Waals surface area contributed by atoms with E-state index in [1.165, 1.54) is 5.56 Å². The molecule has 2 aliphatic heterocycles. The van der Waals surface area contributed by atoms with Gasteiger partial charge in [0.2, 0.25) is 18.5 Å². The van der Waals surface area contributed by atoms with E-state index in [1.54, 1.807) is 0 Å². The van der Waals surface area contributed by atoms with Crippen LogP contribution in [0.1, 0.15) is 29.7 Å². The Balaban J connectivity index is 1.23. The second-order valence-corrected chi connectivity index (χ2v) is 6.88. The Bertz CT molecular complexity index is 1030. The van der Waals surface area contributed by atoms with Gasteiger partial charge in [0.05, 0.1) is 0 Å². The SMILES string of the molecule is c1cc2c(cc1-c1noc([C@H]3C[C@@H]3c3ccc4c(c3)OCCO4)n1)OCO2. The average Bonchev–Trinajstić information content (AvgIpc) is 3.14. The highest BCUT2D eigenvalue weighted by atomic mass is 16.7. The Morgan fingerprint density at radius 3 is 2.52 bits per heavy atom. The van der Waals surface area contributed by atoms with Crippen molar-refractivity contribution in [3.8, 4) is 34.4 Å². The van der Waals surface area contributed by atoms with Gasteiger partial charge in [0.1, 0.15) is 13.2 Å². The molecule has 2 aromatic carbocycles. The number of hydrogen-bond acceptors (Lipinski definition) is 7. The molecule has 0 bridgehead atoms. The predicted molar refractivity (Wildman–Crippen MR) is 93.4 cm³/mol. The fourth-order valence-corrected chi connectivity index (χ4v) is 3.67. The molecule has 3 heterocycles. The van der Waals surface area contributed by atoms with Crippen LogP contribution in [0.15, 0.2) is 40.9 Å². The molecule has 0 saturated heterocycles. The summed E-state index contributed by atoms with van der Waals surface area (Å²) in [6, 6.07) is 11.8. The van der Waals surface area contributed by atoms with E-state index in [0.29, 0.717) is 36.6 Å². The molecule has 1 saturated carbocycles. The maximum atomic E-state index is 5.68. The van der Waals surface area contributed by atoms with Gasteiger partial charge in [0.15, 0.2) is 23.0 Å². The molecular weight excluding hydrogens is 348 g/mol. The molecule has 0 N–H and O–H groups in total. The van der Waals surface area contributed by atoms with E-state index in [4.69, 9.17) is 23.5 Å². The molecule has 7 heteroatoms. The molecule has 3 aromatic rings. The maximum absolute atomic E-state index is 5.68. The minimum atomic E-state index is 0.239. The highest BCUT2D eigenvalue weighted by Crippen LogP contribution is 2.55. The third-order valence-electron chi connectivity index (χ3n) is 5.17. The zero-order chi connectivity index (χ0) is 17.8. The number of benzene rings is 2. The number of aromatic nitrogens is 2. The standard InChI is InChI=1S/C20H16N2O5/c1-3-15-17(24-6-5-23-15)7-11(1)13-9-14(13)20-21-19(22-27-20)12-2-4-16-18(8-12)26-10-25-16/h1-4,7-8,13-14H,5-6,9-10H2/t13-,14+/m1/s1. The van der Waals surface area contributed by atoms with Gasteiger partial charge < -0.3 is 23.5 Å². The van der Waals surface area contributed by atoms with Crippen LogP contribution in [0, 0.1) is 0 Å². The maximum Gasteiger partial charge on any atom is 0.231 e. The van der Waals surface area contributed by atoms with Crippen molar-refractivity contribution in [2.75, 3.05) is 20.0 Å². The molecule has 1 fully saturated rings. The molecule has 2 atom stereocenters. The molecule has 0 unspecified atom stereocenters. The minimum Gasteiger partial charge on any atom is -0.486 e. The summed E-state index contributed by atoms with van der Waals surface area (Å²) in [6.45, 7) is 1.44. The van der Waals surface area contributed by atoms with E-state index in [-0.39, 0.29) is 12.7 Å². The number of rotatable bonds is 3. The lowest BCUT2D eigenvalue weighted by molar-refractivity contribution is 0.171. The van der Waals surface area contributed by atoms with Gasteiger partial charge in [-0.3, -0.25) is 0 Å². The lowest BCUT2D eigenvalue weighted by Crippen LogP contribution is -2.15. The van der Waals surface area contributed by atoms with Crippen LogP contribution >= 0.6 is 0 Å². The van der Waals surface area contributed by atoms with Gasteiger partial charge in [-0.2, -0.15) is 4.98 Å². The van der Waals surface area contributed by atoms with Gasteiger partial charge in [-0.15, -0.1) is 0 Å². The molecule has 1 aromatic heterocycles. The van der Waals surface area contributed by atoms with Crippen molar-refractivity contribution in [1.82, 2.24) is 10.1 Å². The van der Waals surface area contributed by atoms with E-state index in [9.17, 15) is 0 Å². The lowest BCUT2D eigenvalue weighted by Gasteiger charge is -2.18. The van der Waals surface area contributed by atoms with Gasteiger partial charge in [-0.1, -0.05) is 11.2 Å². The summed E-state index contributed by atoms with van der Waals surface area (Å²) in [5, 5.41) is 4.14.